The van der Waals surface area contributed by atoms with Crippen molar-refractivity contribution in [3.8, 4) is 11.3 Å². The SMILES string of the molecule is Cc1cccc(C(=O)N(Cc2c(-c3ccccc3)noc2N2CCCC2)CC2CC2)c1. The van der Waals surface area contributed by atoms with Crippen LogP contribution in [0.15, 0.2) is 59.1 Å². The molecule has 2 heterocycles. The largest absolute Gasteiger partial charge is 0.340 e. The number of hydrogen-bond donors (Lipinski definition) is 0. The molecule has 1 saturated carbocycles. The maximum atomic E-state index is 13.5. The van der Waals surface area contributed by atoms with Crippen LogP contribution in [-0.2, 0) is 6.54 Å². The van der Waals surface area contributed by atoms with Crippen LogP contribution < -0.4 is 4.90 Å². The normalized spacial score (nSPS) is 16.0. The van der Waals surface area contributed by atoms with E-state index in [0.717, 1.165) is 66.3 Å². The zero-order chi connectivity index (χ0) is 21.2. The summed E-state index contributed by atoms with van der Waals surface area (Å²) in [6.07, 6.45) is 4.72. The fraction of sp³-hybridized carbons (Fsp3) is 0.385. The minimum absolute atomic E-state index is 0.0863. The molecule has 2 fully saturated rings. The molecule has 3 aromatic rings. The Labute approximate surface area is 183 Å². The number of amides is 1. The first-order valence-electron chi connectivity index (χ1n) is 11.3. The van der Waals surface area contributed by atoms with Gasteiger partial charge in [0, 0.05) is 30.8 Å². The van der Waals surface area contributed by atoms with Crippen molar-refractivity contribution in [3.05, 3.63) is 71.3 Å². The van der Waals surface area contributed by atoms with Crippen LogP contribution in [0.3, 0.4) is 0 Å². The molecule has 31 heavy (non-hydrogen) atoms. The fourth-order valence-corrected chi connectivity index (χ4v) is 4.42. The topological polar surface area (TPSA) is 49.6 Å². The summed E-state index contributed by atoms with van der Waals surface area (Å²) in [6.45, 7) is 5.28. The predicted molar refractivity (Wildman–Crippen MR) is 122 cm³/mol. The van der Waals surface area contributed by atoms with Gasteiger partial charge in [0.15, 0.2) is 0 Å². The summed E-state index contributed by atoms with van der Waals surface area (Å²) in [5, 5.41) is 4.47. The lowest BCUT2D eigenvalue weighted by Crippen LogP contribution is -2.33. The van der Waals surface area contributed by atoms with Gasteiger partial charge >= 0.3 is 0 Å². The van der Waals surface area contributed by atoms with Gasteiger partial charge in [-0.05, 0) is 50.7 Å². The van der Waals surface area contributed by atoms with Gasteiger partial charge in [0.05, 0.1) is 12.1 Å². The van der Waals surface area contributed by atoms with E-state index in [0.29, 0.717) is 12.5 Å². The second kappa shape index (κ2) is 8.58. The van der Waals surface area contributed by atoms with Gasteiger partial charge in [0.25, 0.3) is 5.91 Å². The van der Waals surface area contributed by atoms with Gasteiger partial charge in [-0.1, -0.05) is 53.2 Å². The maximum Gasteiger partial charge on any atom is 0.254 e. The van der Waals surface area contributed by atoms with Crippen molar-refractivity contribution in [2.45, 2.75) is 39.2 Å². The highest BCUT2D eigenvalue weighted by Gasteiger charge is 2.31. The van der Waals surface area contributed by atoms with Crippen LogP contribution in [-0.4, -0.2) is 35.6 Å². The molecule has 160 valence electrons. The molecule has 0 spiro atoms. The van der Waals surface area contributed by atoms with Crippen LogP contribution in [0.2, 0.25) is 0 Å². The second-order valence-electron chi connectivity index (χ2n) is 8.87. The Morgan fingerprint density at radius 1 is 1.10 bits per heavy atom. The molecule has 5 nitrogen and oxygen atoms in total. The molecule has 0 bridgehead atoms. The molecule has 1 aromatic heterocycles. The third kappa shape index (κ3) is 4.36. The van der Waals surface area contributed by atoms with E-state index >= 15 is 0 Å². The van der Waals surface area contributed by atoms with Crippen LogP contribution in [0.5, 0.6) is 0 Å². The van der Waals surface area contributed by atoms with Gasteiger partial charge in [-0.3, -0.25) is 4.79 Å². The van der Waals surface area contributed by atoms with Gasteiger partial charge in [0.1, 0.15) is 5.69 Å². The van der Waals surface area contributed by atoms with E-state index in [1.54, 1.807) is 0 Å². The minimum atomic E-state index is 0.0863. The molecule has 2 aliphatic rings. The number of carbonyl (C=O) groups is 1. The van der Waals surface area contributed by atoms with Gasteiger partial charge in [-0.15, -0.1) is 0 Å². The van der Waals surface area contributed by atoms with Gasteiger partial charge < -0.3 is 14.3 Å². The van der Waals surface area contributed by atoms with Crippen molar-refractivity contribution >= 4 is 11.8 Å². The number of nitrogens with zero attached hydrogens (tertiary/aromatic N) is 3. The fourth-order valence-electron chi connectivity index (χ4n) is 4.42. The Morgan fingerprint density at radius 2 is 1.87 bits per heavy atom. The number of hydrogen-bond acceptors (Lipinski definition) is 4. The molecular weight excluding hydrogens is 386 g/mol. The minimum Gasteiger partial charge on any atom is -0.340 e. The van der Waals surface area contributed by atoms with E-state index in [2.05, 4.69) is 22.2 Å². The molecular formula is C26H29N3O2. The number of aromatic nitrogens is 1. The van der Waals surface area contributed by atoms with E-state index in [4.69, 9.17) is 4.52 Å². The molecule has 1 amide bonds. The maximum absolute atomic E-state index is 13.5. The number of carbonyl (C=O) groups excluding carboxylic acids is 1. The lowest BCUT2D eigenvalue weighted by atomic mass is 10.1. The third-order valence-electron chi connectivity index (χ3n) is 6.28. The van der Waals surface area contributed by atoms with Crippen molar-refractivity contribution in [2.24, 2.45) is 5.92 Å². The quantitative estimate of drug-likeness (QED) is 0.525. The third-order valence-corrected chi connectivity index (χ3v) is 6.28. The number of anilines is 1. The Bertz CT molecular complexity index is 1050. The van der Waals surface area contributed by atoms with Gasteiger partial charge in [0.2, 0.25) is 5.88 Å². The molecule has 0 radical (unpaired) electrons. The lowest BCUT2D eigenvalue weighted by molar-refractivity contribution is 0.0735. The second-order valence-corrected chi connectivity index (χ2v) is 8.87. The van der Waals surface area contributed by atoms with E-state index in [9.17, 15) is 4.79 Å². The van der Waals surface area contributed by atoms with Crippen LogP contribution in [0, 0.1) is 12.8 Å². The van der Waals surface area contributed by atoms with Crippen LogP contribution in [0.4, 0.5) is 5.88 Å². The van der Waals surface area contributed by atoms with Crippen molar-refractivity contribution < 1.29 is 9.32 Å². The van der Waals surface area contributed by atoms with Crippen molar-refractivity contribution in [2.75, 3.05) is 24.5 Å². The van der Waals surface area contributed by atoms with E-state index in [1.165, 1.54) is 12.8 Å². The first-order valence-corrected chi connectivity index (χ1v) is 11.3. The average molecular weight is 416 g/mol. The molecule has 1 aliphatic carbocycles. The molecule has 5 rings (SSSR count). The number of aryl methyl sites for hydroxylation is 1. The van der Waals surface area contributed by atoms with E-state index in [-0.39, 0.29) is 5.91 Å². The summed E-state index contributed by atoms with van der Waals surface area (Å²) in [4.78, 5) is 17.8. The highest BCUT2D eigenvalue weighted by Crippen LogP contribution is 2.36. The molecule has 2 aromatic carbocycles. The van der Waals surface area contributed by atoms with Crippen LogP contribution >= 0.6 is 0 Å². The lowest BCUT2D eigenvalue weighted by Gasteiger charge is -2.24. The molecule has 0 unspecified atom stereocenters. The summed E-state index contributed by atoms with van der Waals surface area (Å²) in [5.41, 5.74) is 4.75. The summed E-state index contributed by atoms with van der Waals surface area (Å²) >= 11 is 0. The molecule has 0 atom stereocenters. The monoisotopic (exact) mass is 415 g/mol. The smallest absolute Gasteiger partial charge is 0.254 e. The van der Waals surface area contributed by atoms with E-state index in [1.807, 2.05) is 54.3 Å². The molecule has 1 aliphatic heterocycles. The molecule has 0 N–H and O–H groups in total. The van der Waals surface area contributed by atoms with E-state index < -0.39 is 0 Å². The highest BCUT2D eigenvalue weighted by molar-refractivity contribution is 5.94. The standard InChI is InChI=1S/C26H29N3O2/c1-19-8-7-11-22(16-19)25(30)29(17-20-12-13-20)18-23-24(21-9-3-2-4-10-21)27-31-26(23)28-14-5-6-15-28/h2-4,7-11,16,20H,5-6,12-15,17-18H2,1H3. The zero-order valence-corrected chi connectivity index (χ0v) is 18.1. The van der Waals surface area contributed by atoms with Crippen LogP contribution in [0.1, 0.15) is 47.2 Å². The predicted octanol–water partition coefficient (Wildman–Crippen LogP) is 5.30. The first kappa shape index (κ1) is 19.9. The number of rotatable bonds is 7. The Balaban J connectivity index is 1.51. The zero-order valence-electron chi connectivity index (χ0n) is 18.1. The highest BCUT2D eigenvalue weighted by atomic mass is 16.5. The molecule has 1 saturated heterocycles. The van der Waals surface area contributed by atoms with Crippen molar-refractivity contribution in [1.29, 1.82) is 0 Å². The van der Waals surface area contributed by atoms with Crippen molar-refractivity contribution in [1.82, 2.24) is 10.1 Å². The number of benzene rings is 2. The van der Waals surface area contributed by atoms with Crippen molar-refractivity contribution in [3.63, 3.8) is 0 Å². The average Bonchev–Trinajstić information content (AvgIpc) is 3.27. The van der Waals surface area contributed by atoms with Gasteiger partial charge in [-0.2, -0.15) is 0 Å². The summed E-state index contributed by atoms with van der Waals surface area (Å²) < 4.78 is 5.90. The Hall–Kier alpha value is -3.08. The Morgan fingerprint density at radius 3 is 2.58 bits per heavy atom. The Kier molecular flexibility index (Phi) is 5.49. The molecule has 5 heteroatoms. The summed E-state index contributed by atoms with van der Waals surface area (Å²) in [7, 11) is 0. The first-order chi connectivity index (χ1) is 15.2. The summed E-state index contributed by atoms with van der Waals surface area (Å²) in [5.74, 6) is 1.52. The van der Waals surface area contributed by atoms with Crippen LogP contribution in [0.25, 0.3) is 11.3 Å². The summed E-state index contributed by atoms with van der Waals surface area (Å²) in [6, 6.07) is 18.0. The van der Waals surface area contributed by atoms with Gasteiger partial charge in [-0.25, -0.2) is 0 Å².